The Morgan fingerprint density at radius 1 is 1.56 bits per heavy atom. The number of nitrogens with zero attached hydrogens (tertiary/aromatic N) is 3. The first-order chi connectivity index (χ1) is 8.52. The number of amides is 1. The van der Waals surface area contributed by atoms with Gasteiger partial charge in [-0.2, -0.15) is 5.10 Å². The monoisotopic (exact) mass is 251 g/mol. The van der Waals surface area contributed by atoms with Crippen LogP contribution in [-0.4, -0.2) is 46.6 Å². The van der Waals surface area contributed by atoms with Crippen molar-refractivity contribution in [3.8, 4) is 5.88 Å². The van der Waals surface area contributed by atoms with Crippen molar-refractivity contribution in [1.82, 2.24) is 14.7 Å². The highest BCUT2D eigenvalue weighted by molar-refractivity contribution is 5.94. The van der Waals surface area contributed by atoms with Crippen molar-refractivity contribution >= 4 is 11.7 Å². The molecule has 1 aromatic rings. The highest BCUT2D eigenvalue weighted by Gasteiger charge is 2.28. The summed E-state index contributed by atoms with van der Waals surface area (Å²) in [5.41, 5.74) is 0.357. The van der Waals surface area contributed by atoms with E-state index >= 15 is 0 Å². The molecule has 1 unspecified atom stereocenters. The number of ether oxygens (including phenoxy) is 1. The Morgan fingerprint density at radius 3 is 2.83 bits per heavy atom. The Balaban J connectivity index is 2.13. The van der Waals surface area contributed by atoms with Crippen LogP contribution < -0.4 is 4.74 Å². The molecule has 2 rings (SSSR count). The molecule has 2 heterocycles. The third-order valence-corrected chi connectivity index (χ3v) is 3.22. The zero-order chi connectivity index (χ0) is 13.3. The molecule has 1 saturated heterocycles. The van der Waals surface area contributed by atoms with E-state index in [0.717, 1.165) is 0 Å². The second kappa shape index (κ2) is 4.80. The number of aryl methyl sites for hydroxylation is 1. The number of piperidine rings is 1. The van der Waals surface area contributed by atoms with Crippen LogP contribution >= 0.6 is 0 Å². The first-order valence-electron chi connectivity index (χ1n) is 5.93. The zero-order valence-electron chi connectivity index (χ0n) is 10.8. The van der Waals surface area contributed by atoms with E-state index in [0.29, 0.717) is 31.1 Å². The summed E-state index contributed by atoms with van der Waals surface area (Å²) < 4.78 is 6.60. The quantitative estimate of drug-likeness (QED) is 0.767. The van der Waals surface area contributed by atoms with E-state index in [4.69, 9.17) is 4.74 Å². The minimum Gasteiger partial charge on any atom is -0.481 e. The summed E-state index contributed by atoms with van der Waals surface area (Å²) in [7, 11) is 3.25. The summed E-state index contributed by atoms with van der Waals surface area (Å²) in [6, 6.07) is 1.61. The second-order valence-corrected chi connectivity index (χ2v) is 4.56. The predicted octanol–water partition coefficient (Wildman–Crippen LogP) is 0.480. The van der Waals surface area contributed by atoms with E-state index < -0.39 is 0 Å². The molecule has 1 aliphatic heterocycles. The van der Waals surface area contributed by atoms with Crippen LogP contribution in [0.1, 0.15) is 23.8 Å². The number of hydrogen-bond acceptors (Lipinski definition) is 4. The van der Waals surface area contributed by atoms with E-state index in [-0.39, 0.29) is 17.6 Å². The van der Waals surface area contributed by atoms with Crippen molar-refractivity contribution in [2.24, 2.45) is 13.0 Å². The standard InChI is InChI=1S/C12H17N3O3/c1-8-7-15(5-4-10(8)16)12(17)9-6-11(18-3)14(2)13-9/h6,8H,4-5,7H2,1-3H3. The molecule has 6 heteroatoms. The van der Waals surface area contributed by atoms with Crippen molar-refractivity contribution in [1.29, 1.82) is 0 Å². The van der Waals surface area contributed by atoms with Crippen LogP contribution in [0.25, 0.3) is 0 Å². The molecule has 98 valence electrons. The van der Waals surface area contributed by atoms with Gasteiger partial charge in [0.15, 0.2) is 5.69 Å². The molecule has 1 aliphatic rings. The van der Waals surface area contributed by atoms with E-state index in [1.807, 2.05) is 6.92 Å². The number of carbonyl (C=O) groups excluding carboxylic acids is 2. The minimum atomic E-state index is -0.145. The fraction of sp³-hybridized carbons (Fsp3) is 0.583. The molecule has 0 radical (unpaired) electrons. The van der Waals surface area contributed by atoms with Gasteiger partial charge < -0.3 is 9.64 Å². The maximum Gasteiger partial charge on any atom is 0.274 e. The Bertz CT molecular complexity index is 481. The highest BCUT2D eigenvalue weighted by Crippen LogP contribution is 2.17. The van der Waals surface area contributed by atoms with E-state index in [1.165, 1.54) is 11.8 Å². The van der Waals surface area contributed by atoms with Crippen molar-refractivity contribution in [2.45, 2.75) is 13.3 Å². The number of ketones is 1. The Morgan fingerprint density at radius 2 is 2.28 bits per heavy atom. The van der Waals surface area contributed by atoms with E-state index in [2.05, 4.69) is 5.10 Å². The number of likely N-dealkylation sites (tertiary alicyclic amines) is 1. The van der Waals surface area contributed by atoms with Crippen LogP contribution in [0, 0.1) is 5.92 Å². The predicted molar refractivity (Wildman–Crippen MR) is 64.5 cm³/mol. The van der Waals surface area contributed by atoms with Crippen molar-refractivity contribution in [3.63, 3.8) is 0 Å². The number of Topliss-reactive ketones (excluding diaryl/α,β-unsaturated/α-hetero) is 1. The average Bonchev–Trinajstić information content (AvgIpc) is 2.73. The first-order valence-corrected chi connectivity index (χ1v) is 5.93. The Kier molecular flexibility index (Phi) is 3.36. The van der Waals surface area contributed by atoms with Crippen molar-refractivity contribution in [3.05, 3.63) is 11.8 Å². The van der Waals surface area contributed by atoms with Crippen LogP contribution in [0.3, 0.4) is 0 Å². The van der Waals surface area contributed by atoms with Crippen molar-refractivity contribution < 1.29 is 14.3 Å². The first kappa shape index (κ1) is 12.6. The van der Waals surface area contributed by atoms with Crippen LogP contribution in [-0.2, 0) is 11.8 Å². The summed E-state index contributed by atoms with van der Waals surface area (Å²) in [6.07, 6.45) is 0.427. The SMILES string of the molecule is COc1cc(C(=O)N2CCC(=O)C(C)C2)nn1C. The van der Waals surface area contributed by atoms with Gasteiger partial charge in [0.2, 0.25) is 5.88 Å². The fourth-order valence-corrected chi connectivity index (χ4v) is 2.11. The number of methoxy groups -OCH3 is 1. The van der Waals surface area contributed by atoms with Crippen LogP contribution in [0.15, 0.2) is 6.07 Å². The third-order valence-electron chi connectivity index (χ3n) is 3.22. The molecule has 6 nitrogen and oxygen atoms in total. The summed E-state index contributed by atoms with van der Waals surface area (Å²) in [5, 5.41) is 4.12. The number of hydrogen-bond donors (Lipinski definition) is 0. The smallest absolute Gasteiger partial charge is 0.274 e. The molecule has 0 aliphatic carbocycles. The number of rotatable bonds is 2. The molecule has 0 bridgehead atoms. The lowest BCUT2D eigenvalue weighted by molar-refractivity contribution is -0.124. The van der Waals surface area contributed by atoms with Gasteiger partial charge in [-0.3, -0.25) is 9.59 Å². The van der Waals surface area contributed by atoms with E-state index in [9.17, 15) is 9.59 Å². The van der Waals surface area contributed by atoms with Gasteiger partial charge in [-0.25, -0.2) is 4.68 Å². The lowest BCUT2D eigenvalue weighted by Crippen LogP contribution is -2.43. The maximum atomic E-state index is 12.2. The molecule has 0 spiro atoms. The van der Waals surface area contributed by atoms with Gasteiger partial charge in [0.05, 0.1) is 7.11 Å². The molecule has 1 fully saturated rings. The molecule has 0 saturated carbocycles. The molecule has 0 N–H and O–H groups in total. The highest BCUT2D eigenvalue weighted by atomic mass is 16.5. The van der Waals surface area contributed by atoms with Gasteiger partial charge >= 0.3 is 0 Å². The van der Waals surface area contributed by atoms with Gasteiger partial charge in [0.1, 0.15) is 5.78 Å². The lowest BCUT2D eigenvalue weighted by atomic mass is 9.98. The molecular formula is C12H17N3O3. The summed E-state index contributed by atoms with van der Waals surface area (Å²) in [4.78, 5) is 25.3. The molecule has 1 atom stereocenters. The molecule has 18 heavy (non-hydrogen) atoms. The van der Waals surface area contributed by atoms with Gasteiger partial charge in [0, 0.05) is 38.5 Å². The van der Waals surface area contributed by atoms with Crippen LogP contribution in [0.4, 0.5) is 0 Å². The molecule has 1 amide bonds. The molecular weight excluding hydrogens is 234 g/mol. The number of aromatic nitrogens is 2. The zero-order valence-corrected chi connectivity index (χ0v) is 10.8. The van der Waals surface area contributed by atoms with E-state index in [1.54, 1.807) is 18.0 Å². The van der Waals surface area contributed by atoms with Gasteiger partial charge in [0.25, 0.3) is 5.91 Å². The Labute approximate surface area is 106 Å². The normalized spacial score (nSPS) is 20.1. The topological polar surface area (TPSA) is 64.4 Å². The lowest BCUT2D eigenvalue weighted by Gasteiger charge is -2.29. The van der Waals surface area contributed by atoms with Gasteiger partial charge in [-0.1, -0.05) is 6.92 Å². The summed E-state index contributed by atoms with van der Waals surface area (Å²) >= 11 is 0. The largest absolute Gasteiger partial charge is 0.481 e. The summed E-state index contributed by atoms with van der Waals surface area (Å²) in [6.45, 7) is 2.79. The molecule has 1 aromatic heterocycles. The third kappa shape index (κ3) is 2.23. The average molecular weight is 251 g/mol. The van der Waals surface area contributed by atoms with Crippen molar-refractivity contribution in [2.75, 3.05) is 20.2 Å². The minimum absolute atomic E-state index is 0.0895. The van der Waals surface area contributed by atoms with Crippen LogP contribution in [0.2, 0.25) is 0 Å². The van der Waals surface area contributed by atoms with Gasteiger partial charge in [-0.05, 0) is 0 Å². The fourth-order valence-electron chi connectivity index (χ4n) is 2.11. The second-order valence-electron chi connectivity index (χ2n) is 4.56. The summed E-state index contributed by atoms with van der Waals surface area (Å²) in [5.74, 6) is 0.527. The maximum absolute atomic E-state index is 12.2. The number of carbonyl (C=O) groups is 2. The van der Waals surface area contributed by atoms with Gasteiger partial charge in [-0.15, -0.1) is 0 Å². The van der Waals surface area contributed by atoms with Crippen LogP contribution in [0.5, 0.6) is 5.88 Å². The molecule has 0 aromatic carbocycles. The Hall–Kier alpha value is -1.85.